The first-order valence-electron chi connectivity index (χ1n) is 11.2. The molecule has 3 heterocycles. The first kappa shape index (κ1) is 23.0. The highest BCUT2D eigenvalue weighted by atomic mass is 16.5. The predicted molar refractivity (Wildman–Crippen MR) is 130 cm³/mol. The Morgan fingerprint density at radius 3 is 2.75 bits per heavy atom. The van der Waals surface area contributed by atoms with Crippen molar-refractivity contribution >= 4 is 17.6 Å². The minimum absolute atomic E-state index is 0.172. The fourth-order valence-corrected chi connectivity index (χ4v) is 4.28. The van der Waals surface area contributed by atoms with Gasteiger partial charge in [-0.25, -0.2) is 4.98 Å². The molecule has 1 aliphatic rings. The third-order valence-electron chi connectivity index (χ3n) is 5.87. The Morgan fingerprint density at radius 2 is 2.00 bits per heavy atom. The van der Waals surface area contributed by atoms with Crippen molar-refractivity contribution < 1.29 is 19.1 Å². The summed E-state index contributed by atoms with van der Waals surface area (Å²) in [6, 6.07) is 14.9. The molecule has 36 heavy (non-hydrogen) atoms. The summed E-state index contributed by atoms with van der Waals surface area (Å²) in [5, 5.41) is 15.8. The normalized spacial score (nSPS) is 14.6. The number of aryl methyl sites for hydroxylation is 1. The molecule has 1 aliphatic heterocycles. The summed E-state index contributed by atoms with van der Waals surface area (Å²) in [6.07, 6.45) is 1.80. The molecule has 0 saturated carbocycles. The van der Waals surface area contributed by atoms with Gasteiger partial charge < -0.3 is 20.5 Å². The molecule has 1 atom stereocenters. The number of methoxy groups -OCH3 is 1. The van der Waals surface area contributed by atoms with Crippen molar-refractivity contribution in [2.24, 2.45) is 5.73 Å². The number of nitrogens with one attached hydrogen (secondary N) is 1. The number of benzene rings is 2. The van der Waals surface area contributed by atoms with E-state index in [1.165, 1.54) is 11.8 Å². The monoisotopic (exact) mass is 485 g/mol. The number of fused-ring (bicyclic) bond motifs is 1. The van der Waals surface area contributed by atoms with E-state index in [0.29, 0.717) is 23.0 Å². The van der Waals surface area contributed by atoms with Crippen molar-refractivity contribution in [1.82, 2.24) is 25.0 Å². The van der Waals surface area contributed by atoms with Gasteiger partial charge in [-0.05, 0) is 24.6 Å². The third-order valence-corrected chi connectivity index (χ3v) is 5.87. The summed E-state index contributed by atoms with van der Waals surface area (Å²) in [7, 11) is 1.50. The molecule has 3 N–H and O–H groups in total. The van der Waals surface area contributed by atoms with Crippen LogP contribution in [0.2, 0.25) is 0 Å². The molecule has 0 radical (unpaired) electrons. The topological polar surface area (TPSA) is 147 Å². The predicted octanol–water partition coefficient (Wildman–Crippen LogP) is 2.38. The number of nitrogens with zero attached hydrogens (tertiary/aromatic N) is 5. The molecule has 0 unspecified atom stereocenters. The lowest BCUT2D eigenvalue weighted by molar-refractivity contribution is -0.120. The van der Waals surface area contributed by atoms with Gasteiger partial charge in [0.05, 0.1) is 24.7 Å². The molecule has 11 heteroatoms. The van der Waals surface area contributed by atoms with Gasteiger partial charge in [-0.1, -0.05) is 36.4 Å². The third kappa shape index (κ3) is 4.33. The van der Waals surface area contributed by atoms with Crippen molar-refractivity contribution in [3.05, 3.63) is 71.5 Å². The molecule has 182 valence electrons. The number of ether oxygens (including phenoxy) is 2. The van der Waals surface area contributed by atoms with Crippen molar-refractivity contribution in [2.45, 2.75) is 19.3 Å². The maximum absolute atomic E-state index is 12.8. The van der Waals surface area contributed by atoms with E-state index in [2.05, 4.69) is 25.6 Å². The first-order chi connectivity index (χ1) is 17.4. The van der Waals surface area contributed by atoms with Crippen LogP contribution in [0.1, 0.15) is 29.2 Å². The number of carbonyl (C=O) groups is 2. The highest BCUT2D eigenvalue weighted by Crippen LogP contribution is 2.42. The van der Waals surface area contributed by atoms with Gasteiger partial charge in [-0.2, -0.15) is 14.9 Å². The van der Waals surface area contributed by atoms with Crippen LogP contribution in [0.4, 0.5) is 5.82 Å². The zero-order valence-corrected chi connectivity index (χ0v) is 19.6. The molecule has 0 fully saturated rings. The Balaban J connectivity index is 1.55. The number of aromatic nitrogens is 5. The van der Waals surface area contributed by atoms with E-state index in [4.69, 9.17) is 15.2 Å². The van der Waals surface area contributed by atoms with Gasteiger partial charge in [0.1, 0.15) is 5.82 Å². The van der Waals surface area contributed by atoms with Crippen LogP contribution in [0.15, 0.2) is 54.7 Å². The smallest absolute Gasteiger partial charge is 0.272 e. The van der Waals surface area contributed by atoms with Crippen LogP contribution < -0.4 is 20.5 Å². The molecule has 0 spiro atoms. The molecule has 11 nitrogen and oxygen atoms in total. The van der Waals surface area contributed by atoms with Gasteiger partial charge in [0, 0.05) is 23.5 Å². The van der Waals surface area contributed by atoms with Crippen LogP contribution in [0, 0.1) is 6.92 Å². The molecule has 4 aromatic rings. The molecule has 0 saturated heterocycles. The highest BCUT2D eigenvalue weighted by Gasteiger charge is 2.34. The van der Waals surface area contributed by atoms with Crippen molar-refractivity contribution in [1.29, 1.82) is 0 Å². The highest BCUT2D eigenvalue weighted by molar-refractivity contribution is 5.95. The Morgan fingerprint density at radius 1 is 1.19 bits per heavy atom. The minimum Gasteiger partial charge on any atom is -0.493 e. The van der Waals surface area contributed by atoms with E-state index in [1.54, 1.807) is 18.3 Å². The number of carbonyl (C=O) groups excluding carboxylic acids is 2. The molecular formula is C25H23N7O4. The van der Waals surface area contributed by atoms with Crippen LogP contribution in [0.3, 0.4) is 0 Å². The standard InChI is InChI=1S/C25H23N7O4/c1-14-23-17(16-8-9-19(20(10-16)35-2)36-13-21(26)33)11-22(34)29-24(23)32(31-14)25-28-18(12-27-30-25)15-6-4-3-5-7-15/h3-10,12,17H,11,13H2,1-2H3,(H2,26,33)(H,29,34)/t17-/m1/s1. The number of nitrogens with two attached hydrogens (primary N) is 1. The van der Waals surface area contributed by atoms with Crippen LogP contribution in [0.25, 0.3) is 17.2 Å². The lowest BCUT2D eigenvalue weighted by Crippen LogP contribution is -2.25. The lowest BCUT2D eigenvalue weighted by atomic mass is 9.85. The van der Waals surface area contributed by atoms with Gasteiger partial charge in [0.15, 0.2) is 18.1 Å². The quantitative estimate of drug-likeness (QED) is 0.405. The zero-order valence-electron chi connectivity index (χ0n) is 19.6. The summed E-state index contributed by atoms with van der Waals surface area (Å²) in [6.45, 7) is 1.60. The van der Waals surface area contributed by atoms with Crippen LogP contribution in [0.5, 0.6) is 11.5 Å². The summed E-state index contributed by atoms with van der Waals surface area (Å²) in [5.74, 6) is 0.481. The number of anilines is 1. The molecule has 5 rings (SSSR count). The van der Waals surface area contributed by atoms with E-state index in [1.807, 2.05) is 43.3 Å². The molecule has 2 aromatic heterocycles. The van der Waals surface area contributed by atoms with Gasteiger partial charge in [-0.15, -0.1) is 5.10 Å². The largest absolute Gasteiger partial charge is 0.493 e. The maximum atomic E-state index is 12.8. The van der Waals surface area contributed by atoms with Gasteiger partial charge in [-0.3, -0.25) is 9.59 Å². The summed E-state index contributed by atoms with van der Waals surface area (Å²) in [5.41, 5.74) is 9.10. The fraction of sp³-hybridized carbons (Fsp3) is 0.200. The van der Waals surface area contributed by atoms with E-state index in [0.717, 1.165) is 22.4 Å². The Labute approximate surface area is 206 Å². The number of hydrogen-bond donors (Lipinski definition) is 2. The second-order valence-electron chi connectivity index (χ2n) is 8.24. The Kier molecular flexibility index (Phi) is 6.03. The second-order valence-corrected chi connectivity index (χ2v) is 8.24. The number of amides is 2. The van der Waals surface area contributed by atoms with Gasteiger partial charge in [0.2, 0.25) is 5.91 Å². The zero-order chi connectivity index (χ0) is 25.2. The van der Waals surface area contributed by atoms with Gasteiger partial charge >= 0.3 is 0 Å². The van der Waals surface area contributed by atoms with Crippen LogP contribution in [-0.2, 0) is 9.59 Å². The van der Waals surface area contributed by atoms with E-state index in [-0.39, 0.29) is 30.8 Å². The Hall–Kier alpha value is -4.80. The van der Waals surface area contributed by atoms with E-state index in [9.17, 15) is 9.59 Å². The van der Waals surface area contributed by atoms with Crippen LogP contribution in [-0.4, -0.2) is 50.5 Å². The maximum Gasteiger partial charge on any atom is 0.272 e. The first-order valence-corrected chi connectivity index (χ1v) is 11.2. The van der Waals surface area contributed by atoms with E-state index < -0.39 is 5.91 Å². The molecule has 0 bridgehead atoms. The van der Waals surface area contributed by atoms with Crippen LogP contribution >= 0.6 is 0 Å². The minimum atomic E-state index is -0.592. The Bertz CT molecular complexity index is 1450. The molecular weight excluding hydrogens is 462 g/mol. The summed E-state index contributed by atoms with van der Waals surface area (Å²) in [4.78, 5) is 28.5. The van der Waals surface area contributed by atoms with E-state index >= 15 is 0 Å². The SMILES string of the molecule is COc1cc([C@H]2CC(=O)Nc3c2c(C)nn3-c2nncc(-c3ccccc3)n2)ccc1OCC(N)=O. The average Bonchev–Trinajstić information content (AvgIpc) is 3.23. The van der Waals surface area contributed by atoms with Crippen molar-refractivity contribution in [2.75, 3.05) is 19.0 Å². The lowest BCUT2D eigenvalue weighted by Gasteiger charge is -2.24. The second kappa shape index (κ2) is 9.45. The van der Waals surface area contributed by atoms with Gasteiger partial charge in [0.25, 0.3) is 11.9 Å². The van der Waals surface area contributed by atoms with Crippen molar-refractivity contribution in [3.63, 3.8) is 0 Å². The summed E-state index contributed by atoms with van der Waals surface area (Å²) >= 11 is 0. The number of primary amides is 1. The van der Waals surface area contributed by atoms with Crippen molar-refractivity contribution in [3.8, 4) is 28.7 Å². The summed E-state index contributed by atoms with van der Waals surface area (Å²) < 4.78 is 12.4. The number of rotatable bonds is 7. The molecule has 2 aromatic carbocycles. The number of hydrogen-bond acceptors (Lipinski definition) is 8. The fourth-order valence-electron chi connectivity index (χ4n) is 4.28. The average molecular weight is 486 g/mol. The molecule has 0 aliphatic carbocycles. The molecule has 2 amide bonds.